The molecule has 0 N–H and O–H groups in total. The molecule has 4 heteroatoms. The minimum Gasteiger partial charge on any atom is -0.427 e. The maximum Gasteiger partial charge on any atom is 0.311 e. The summed E-state index contributed by atoms with van der Waals surface area (Å²) in [7, 11) is 0. The van der Waals surface area contributed by atoms with E-state index in [1.807, 2.05) is 36.4 Å². The molecular formula is C24H30O4. The van der Waals surface area contributed by atoms with Crippen LogP contribution in [-0.2, 0) is 9.59 Å². The van der Waals surface area contributed by atoms with Gasteiger partial charge in [0, 0.05) is 12.8 Å². The third-order valence-corrected chi connectivity index (χ3v) is 4.46. The molecule has 0 aliphatic carbocycles. The van der Waals surface area contributed by atoms with Crippen LogP contribution in [-0.4, -0.2) is 11.9 Å². The van der Waals surface area contributed by atoms with Crippen molar-refractivity contribution in [2.45, 2.75) is 64.2 Å². The zero-order chi connectivity index (χ0) is 19.9. The van der Waals surface area contributed by atoms with Gasteiger partial charge in [0.2, 0.25) is 0 Å². The SMILES string of the molecule is O=C(CCCCCCCCCCC(=O)Oc1ccccc1)Oc1ccccc1. The van der Waals surface area contributed by atoms with Gasteiger partial charge in [0.25, 0.3) is 0 Å². The summed E-state index contributed by atoms with van der Waals surface area (Å²) in [6.07, 6.45) is 9.39. The Bertz CT molecular complexity index is 621. The van der Waals surface area contributed by atoms with Crippen LogP contribution in [0.5, 0.6) is 11.5 Å². The second-order valence-corrected chi connectivity index (χ2v) is 6.90. The smallest absolute Gasteiger partial charge is 0.311 e. The number of esters is 2. The van der Waals surface area contributed by atoms with Gasteiger partial charge < -0.3 is 9.47 Å². The minimum absolute atomic E-state index is 0.159. The van der Waals surface area contributed by atoms with E-state index in [9.17, 15) is 9.59 Å². The first-order valence-electron chi connectivity index (χ1n) is 10.3. The molecule has 0 saturated heterocycles. The Morgan fingerprint density at radius 1 is 0.500 bits per heavy atom. The van der Waals surface area contributed by atoms with Crippen LogP contribution in [0.1, 0.15) is 64.2 Å². The van der Waals surface area contributed by atoms with Crippen LogP contribution in [0.2, 0.25) is 0 Å². The number of hydrogen-bond donors (Lipinski definition) is 0. The lowest BCUT2D eigenvalue weighted by Crippen LogP contribution is -2.07. The lowest BCUT2D eigenvalue weighted by atomic mass is 10.1. The quantitative estimate of drug-likeness (QED) is 0.239. The highest BCUT2D eigenvalue weighted by molar-refractivity contribution is 5.72. The number of ether oxygens (including phenoxy) is 2. The molecule has 0 amide bonds. The van der Waals surface area contributed by atoms with Crippen LogP contribution in [0.25, 0.3) is 0 Å². The molecule has 0 unspecified atom stereocenters. The Kier molecular flexibility index (Phi) is 10.5. The standard InChI is InChI=1S/C24H30O4/c25-23(27-21-15-9-7-10-16-21)19-13-5-3-1-2-4-6-14-20-24(26)28-22-17-11-8-12-18-22/h7-12,15-18H,1-6,13-14,19-20H2. The lowest BCUT2D eigenvalue weighted by Gasteiger charge is -2.05. The van der Waals surface area contributed by atoms with Crippen molar-refractivity contribution in [3.8, 4) is 11.5 Å². The summed E-state index contributed by atoms with van der Waals surface area (Å²) in [6, 6.07) is 18.4. The summed E-state index contributed by atoms with van der Waals surface area (Å²) in [6.45, 7) is 0. The van der Waals surface area contributed by atoms with Crippen molar-refractivity contribution in [2.75, 3.05) is 0 Å². The van der Waals surface area contributed by atoms with Crippen molar-refractivity contribution in [1.29, 1.82) is 0 Å². The second-order valence-electron chi connectivity index (χ2n) is 6.90. The molecule has 0 atom stereocenters. The Hall–Kier alpha value is -2.62. The van der Waals surface area contributed by atoms with Gasteiger partial charge >= 0.3 is 11.9 Å². The van der Waals surface area contributed by atoms with Crippen LogP contribution < -0.4 is 9.47 Å². The fourth-order valence-electron chi connectivity index (χ4n) is 2.94. The van der Waals surface area contributed by atoms with Crippen molar-refractivity contribution < 1.29 is 19.1 Å². The van der Waals surface area contributed by atoms with Gasteiger partial charge in [-0.2, -0.15) is 0 Å². The predicted molar refractivity (Wildman–Crippen MR) is 110 cm³/mol. The molecule has 0 aromatic heterocycles. The van der Waals surface area contributed by atoms with Gasteiger partial charge in [-0.25, -0.2) is 0 Å². The Labute approximate surface area is 167 Å². The Morgan fingerprint density at radius 2 is 0.821 bits per heavy atom. The maximum absolute atomic E-state index is 11.7. The summed E-state index contributed by atoms with van der Waals surface area (Å²) in [4.78, 5) is 23.5. The number of carbonyl (C=O) groups is 2. The van der Waals surface area contributed by atoms with E-state index in [2.05, 4.69) is 0 Å². The van der Waals surface area contributed by atoms with E-state index in [0.717, 1.165) is 38.5 Å². The maximum atomic E-state index is 11.7. The monoisotopic (exact) mass is 382 g/mol. The van der Waals surface area contributed by atoms with Crippen LogP contribution >= 0.6 is 0 Å². The second kappa shape index (κ2) is 13.5. The molecule has 0 radical (unpaired) electrons. The number of para-hydroxylation sites is 2. The molecule has 0 bridgehead atoms. The number of unbranched alkanes of at least 4 members (excludes halogenated alkanes) is 7. The molecule has 0 saturated carbocycles. The van der Waals surface area contributed by atoms with Crippen molar-refractivity contribution in [2.24, 2.45) is 0 Å². The zero-order valence-electron chi connectivity index (χ0n) is 16.5. The van der Waals surface area contributed by atoms with Gasteiger partial charge in [-0.15, -0.1) is 0 Å². The first-order valence-corrected chi connectivity index (χ1v) is 10.3. The third kappa shape index (κ3) is 9.91. The van der Waals surface area contributed by atoms with Crippen LogP contribution in [0.15, 0.2) is 60.7 Å². The van der Waals surface area contributed by atoms with Crippen molar-refractivity contribution >= 4 is 11.9 Å². The van der Waals surface area contributed by atoms with E-state index in [1.165, 1.54) is 12.8 Å². The van der Waals surface area contributed by atoms with E-state index in [4.69, 9.17) is 9.47 Å². The highest BCUT2D eigenvalue weighted by Crippen LogP contribution is 2.14. The van der Waals surface area contributed by atoms with E-state index >= 15 is 0 Å². The minimum atomic E-state index is -0.159. The summed E-state index contributed by atoms with van der Waals surface area (Å²) < 4.78 is 10.5. The van der Waals surface area contributed by atoms with E-state index in [1.54, 1.807) is 24.3 Å². The summed E-state index contributed by atoms with van der Waals surface area (Å²) in [5, 5.41) is 0. The van der Waals surface area contributed by atoms with Gasteiger partial charge in [-0.3, -0.25) is 9.59 Å². The molecular weight excluding hydrogens is 352 g/mol. The first-order chi connectivity index (χ1) is 13.7. The molecule has 2 aromatic carbocycles. The normalized spacial score (nSPS) is 10.4. The highest BCUT2D eigenvalue weighted by atomic mass is 16.5. The largest absolute Gasteiger partial charge is 0.427 e. The number of benzene rings is 2. The lowest BCUT2D eigenvalue weighted by molar-refractivity contribution is -0.135. The number of carbonyl (C=O) groups excluding carboxylic acids is 2. The summed E-state index contributed by atoms with van der Waals surface area (Å²) in [5.74, 6) is 0.905. The Balaban J connectivity index is 1.37. The number of rotatable bonds is 13. The molecule has 0 aliphatic heterocycles. The van der Waals surface area contributed by atoms with Crippen LogP contribution in [0.3, 0.4) is 0 Å². The fourth-order valence-corrected chi connectivity index (χ4v) is 2.94. The highest BCUT2D eigenvalue weighted by Gasteiger charge is 2.05. The van der Waals surface area contributed by atoms with E-state index in [-0.39, 0.29) is 11.9 Å². The zero-order valence-corrected chi connectivity index (χ0v) is 16.5. The molecule has 2 rings (SSSR count). The molecule has 2 aromatic rings. The average molecular weight is 383 g/mol. The topological polar surface area (TPSA) is 52.6 Å². The summed E-state index contributed by atoms with van der Waals surface area (Å²) >= 11 is 0. The fraction of sp³-hybridized carbons (Fsp3) is 0.417. The van der Waals surface area contributed by atoms with Gasteiger partial charge in [0.1, 0.15) is 11.5 Å². The molecule has 0 fully saturated rings. The van der Waals surface area contributed by atoms with Crippen molar-refractivity contribution in [1.82, 2.24) is 0 Å². The third-order valence-electron chi connectivity index (χ3n) is 4.46. The van der Waals surface area contributed by atoms with Gasteiger partial charge in [0.15, 0.2) is 0 Å². The molecule has 0 heterocycles. The van der Waals surface area contributed by atoms with Crippen molar-refractivity contribution in [3.63, 3.8) is 0 Å². The van der Waals surface area contributed by atoms with Gasteiger partial charge in [-0.05, 0) is 37.1 Å². The molecule has 4 nitrogen and oxygen atoms in total. The number of hydrogen-bond acceptors (Lipinski definition) is 4. The predicted octanol–water partition coefficient (Wildman–Crippen LogP) is 6.10. The molecule has 0 aliphatic rings. The molecule has 0 spiro atoms. The van der Waals surface area contributed by atoms with Gasteiger partial charge in [-0.1, -0.05) is 74.9 Å². The molecule has 150 valence electrons. The van der Waals surface area contributed by atoms with E-state index in [0.29, 0.717) is 24.3 Å². The van der Waals surface area contributed by atoms with Crippen LogP contribution in [0.4, 0.5) is 0 Å². The van der Waals surface area contributed by atoms with Crippen molar-refractivity contribution in [3.05, 3.63) is 60.7 Å². The Morgan fingerprint density at radius 3 is 1.18 bits per heavy atom. The molecule has 28 heavy (non-hydrogen) atoms. The summed E-state index contributed by atoms with van der Waals surface area (Å²) in [5.41, 5.74) is 0. The van der Waals surface area contributed by atoms with E-state index < -0.39 is 0 Å². The average Bonchev–Trinajstić information content (AvgIpc) is 2.71. The first kappa shape index (κ1) is 21.7. The van der Waals surface area contributed by atoms with Gasteiger partial charge in [0.05, 0.1) is 0 Å². The van der Waals surface area contributed by atoms with Crippen LogP contribution in [0, 0.1) is 0 Å².